The van der Waals surface area contributed by atoms with Gasteiger partial charge >= 0.3 is 0 Å². The first kappa shape index (κ1) is 64.6. The molecule has 0 atom stereocenters. The highest BCUT2D eigenvalue weighted by atomic mass is 15.2. The summed E-state index contributed by atoms with van der Waals surface area (Å²) in [6.07, 6.45) is 0. The minimum absolute atomic E-state index is 0.830. The van der Waals surface area contributed by atoms with Crippen molar-refractivity contribution in [3.63, 3.8) is 0 Å². The lowest BCUT2D eigenvalue weighted by Crippen LogP contribution is -2.03. The monoisotopic (exact) mass is 1510 g/mol. The van der Waals surface area contributed by atoms with Gasteiger partial charge in [-0.15, -0.1) is 0 Å². The first-order valence-electron chi connectivity index (χ1n) is 40.4. The Balaban J connectivity index is 0.692. The summed E-state index contributed by atoms with van der Waals surface area (Å²) in [6, 6.07) is 138. The van der Waals surface area contributed by atoms with Gasteiger partial charge in [-0.2, -0.15) is 0 Å². The van der Waals surface area contributed by atoms with Crippen LogP contribution in [0.15, 0.2) is 376 Å². The standard InChI is InChI=1S/C106H68N12/c1-65-58-96-83(99-79-44-14-18-50-88(79)110(69-33-8-4-9-34-69)103(99)111(96)70-35-10-5-11-36-70)63-81(65)82-64-84-97(59-66(82)2)114(73-39-28-40-74(62-73)115-92-54-22-24-56-94(92)117-91-53-21-16-47-85(91)107-105(115)117)104-100(84)80-45-15-20-52-90(80)112(104)71-37-26-30-67(60-71)76-46-29-48-86-101(76)118-95-57-25-23-55-93(95)116(106(118)108-86)75-41-27-38-72(61-75)113-89-51-19-13-43-78(89)98-77-42-12-17-49-87(77)109(102(98)113)68-31-6-3-7-32-68/h3-64H,1-2H3. The zero-order valence-electron chi connectivity index (χ0n) is 64.2. The zero-order valence-corrected chi connectivity index (χ0v) is 64.2. The molecule has 12 nitrogen and oxygen atoms in total. The Morgan fingerprint density at radius 1 is 0.195 bits per heavy atom. The largest absolute Gasteiger partial charge is 0.295 e. The fourth-order valence-electron chi connectivity index (χ4n) is 20.3. The molecule has 0 aliphatic rings. The predicted molar refractivity (Wildman–Crippen MR) is 486 cm³/mol. The van der Waals surface area contributed by atoms with E-state index in [-0.39, 0.29) is 0 Å². The molecule has 0 bridgehead atoms. The maximum Gasteiger partial charge on any atom is 0.220 e. The molecule has 0 saturated carbocycles. The Hall–Kier alpha value is -15.9. The van der Waals surface area contributed by atoms with E-state index in [9.17, 15) is 0 Å². The molecule has 0 aliphatic carbocycles. The van der Waals surface area contributed by atoms with Crippen molar-refractivity contribution in [2.45, 2.75) is 13.8 Å². The van der Waals surface area contributed by atoms with Gasteiger partial charge in [-0.25, -0.2) is 9.97 Å². The van der Waals surface area contributed by atoms with Gasteiger partial charge in [0.15, 0.2) is 0 Å². The molecular weight excluding hydrogens is 1440 g/mol. The van der Waals surface area contributed by atoms with Gasteiger partial charge < -0.3 is 0 Å². The van der Waals surface area contributed by atoms with E-state index in [1.165, 1.54) is 65.5 Å². The summed E-state index contributed by atoms with van der Waals surface area (Å²) in [4.78, 5) is 11.1. The third kappa shape index (κ3) is 8.86. The summed E-state index contributed by atoms with van der Waals surface area (Å²) in [5, 5.41) is 10.8. The molecule has 0 radical (unpaired) electrons. The highest BCUT2D eigenvalue weighted by Crippen LogP contribution is 2.49. The van der Waals surface area contributed by atoms with Gasteiger partial charge in [0, 0.05) is 88.2 Å². The maximum absolute atomic E-state index is 5.69. The number of hydrogen-bond acceptors (Lipinski definition) is 2. The van der Waals surface area contributed by atoms with Crippen LogP contribution in [-0.4, -0.2) is 55.3 Å². The number of aromatic nitrogens is 12. The highest BCUT2D eigenvalue weighted by Gasteiger charge is 2.30. The van der Waals surface area contributed by atoms with Gasteiger partial charge in [-0.1, -0.05) is 200 Å². The minimum Gasteiger partial charge on any atom is -0.295 e. The molecular formula is C106H68N12. The molecule has 0 unspecified atom stereocenters. The molecule has 10 heterocycles. The summed E-state index contributed by atoms with van der Waals surface area (Å²) in [7, 11) is 0. The SMILES string of the molecule is Cc1cc2c(cc1-c1cc3c4c5ccccc5n(-c5cccc(-c6cccc7nc8n(-c9cccc(-n%10c%11ccccc%11c%11c%12ccccc%12n(-c%12ccccc%12)c%11%10)c9)c9ccccc9n8c67)c5)c4n(-c4cccc(-n5c6ccccc6n6c7ccccc7nc56)c4)c3cc1C)c1c3ccccc3n(-c3ccccc3)c1n2-c1ccccc1. The van der Waals surface area contributed by atoms with Crippen molar-refractivity contribution in [3.8, 4) is 67.8 Å². The molecule has 118 heavy (non-hydrogen) atoms. The van der Waals surface area contributed by atoms with E-state index in [1.54, 1.807) is 0 Å². The molecule has 16 aromatic carbocycles. The molecule has 0 spiro atoms. The Morgan fingerprint density at radius 2 is 0.508 bits per heavy atom. The van der Waals surface area contributed by atoms with Gasteiger partial charge in [0.25, 0.3) is 0 Å². The minimum atomic E-state index is 0.830. The van der Waals surface area contributed by atoms with Crippen LogP contribution >= 0.6 is 0 Å². The van der Waals surface area contributed by atoms with Crippen LogP contribution in [0.4, 0.5) is 0 Å². The molecule has 0 N–H and O–H groups in total. The number of rotatable bonds is 10. The van der Waals surface area contributed by atoms with E-state index in [0.29, 0.717) is 0 Å². The van der Waals surface area contributed by atoms with E-state index in [4.69, 9.17) is 9.97 Å². The Bertz CT molecular complexity index is 8780. The molecule has 0 fully saturated rings. The fourth-order valence-corrected chi connectivity index (χ4v) is 20.3. The van der Waals surface area contributed by atoms with E-state index in [2.05, 4.69) is 435 Å². The molecule has 26 aromatic rings. The Labute approximate surface area is 674 Å². The van der Waals surface area contributed by atoms with Gasteiger partial charge in [-0.3, -0.25) is 45.3 Å². The Kier molecular flexibility index (Phi) is 13.3. The van der Waals surface area contributed by atoms with Crippen LogP contribution in [0.2, 0.25) is 0 Å². The van der Waals surface area contributed by atoms with Crippen molar-refractivity contribution in [2.75, 3.05) is 0 Å². The lowest BCUT2D eigenvalue weighted by atomic mass is 9.93. The zero-order chi connectivity index (χ0) is 77.3. The number of nitrogens with zero attached hydrogens (tertiary/aromatic N) is 12. The van der Waals surface area contributed by atoms with E-state index < -0.39 is 0 Å². The Morgan fingerprint density at radius 3 is 0.983 bits per heavy atom. The number of hydrogen-bond donors (Lipinski definition) is 0. The van der Waals surface area contributed by atoms with Gasteiger partial charge in [0.05, 0.1) is 88.6 Å². The average Bonchev–Trinajstić information content (AvgIpc) is 1.55. The summed E-state index contributed by atoms with van der Waals surface area (Å²) < 4.78 is 24.3. The van der Waals surface area contributed by atoms with Crippen LogP contribution in [0.1, 0.15) is 11.1 Å². The summed E-state index contributed by atoms with van der Waals surface area (Å²) in [5.74, 6) is 1.69. The van der Waals surface area contributed by atoms with E-state index in [1.807, 2.05) is 0 Å². The number of benzene rings is 16. The lowest BCUT2D eigenvalue weighted by Gasteiger charge is -2.17. The summed E-state index contributed by atoms with van der Waals surface area (Å²) in [6.45, 7) is 4.61. The van der Waals surface area contributed by atoms with Crippen molar-refractivity contribution in [3.05, 3.63) is 387 Å². The molecule has 0 aliphatic heterocycles. The van der Waals surface area contributed by atoms with Gasteiger partial charge in [0.1, 0.15) is 16.9 Å². The third-order valence-corrected chi connectivity index (χ3v) is 25.1. The number of aryl methyl sites for hydroxylation is 2. The van der Waals surface area contributed by atoms with Crippen molar-refractivity contribution in [1.29, 1.82) is 0 Å². The topological polar surface area (TPSA) is 74.0 Å². The first-order chi connectivity index (χ1) is 58.4. The number of fused-ring (bicyclic) bond motifs is 25. The molecule has 552 valence electrons. The number of imidazole rings is 4. The lowest BCUT2D eigenvalue weighted by molar-refractivity contribution is 1.05. The number of para-hydroxylation sites is 14. The van der Waals surface area contributed by atoms with Crippen molar-refractivity contribution >= 4 is 154 Å². The van der Waals surface area contributed by atoms with Crippen molar-refractivity contribution in [2.24, 2.45) is 0 Å². The maximum atomic E-state index is 5.69. The van der Waals surface area contributed by atoms with Crippen LogP contribution < -0.4 is 0 Å². The molecule has 26 rings (SSSR count). The highest BCUT2D eigenvalue weighted by molar-refractivity contribution is 6.26. The fraction of sp³-hybridized carbons (Fsp3) is 0.0189. The summed E-state index contributed by atoms with van der Waals surface area (Å²) in [5.41, 5.74) is 33.7. The van der Waals surface area contributed by atoms with Crippen LogP contribution in [0.5, 0.6) is 0 Å². The molecule has 0 amide bonds. The van der Waals surface area contributed by atoms with Crippen LogP contribution in [0.3, 0.4) is 0 Å². The second-order valence-corrected chi connectivity index (χ2v) is 31.4. The molecule has 10 aromatic heterocycles. The van der Waals surface area contributed by atoms with Gasteiger partial charge in [-0.05, 0) is 218 Å². The van der Waals surface area contributed by atoms with Crippen LogP contribution in [0.25, 0.3) is 222 Å². The normalized spacial score (nSPS) is 12.3. The predicted octanol–water partition coefficient (Wildman–Crippen LogP) is 26.3. The quantitative estimate of drug-likeness (QED) is 0.137. The molecule has 12 heteroatoms. The second-order valence-electron chi connectivity index (χ2n) is 31.4. The average molecular weight is 1510 g/mol. The van der Waals surface area contributed by atoms with E-state index in [0.717, 1.165) is 168 Å². The van der Waals surface area contributed by atoms with Crippen molar-refractivity contribution in [1.82, 2.24) is 55.3 Å². The van der Waals surface area contributed by atoms with Crippen LogP contribution in [-0.2, 0) is 0 Å². The van der Waals surface area contributed by atoms with E-state index >= 15 is 0 Å². The smallest absolute Gasteiger partial charge is 0.220 e. The van der Waals surface area contributed by atoms with Crippen LogP contribution in [0, 0.1) is 13.8 Å². The van der Waals surface area contributed by atoms with Crippen molar-refractivity contribution < 1.29 is 0 Å². The second kappa shape index (κ2) is 24.3. The first-order valence-corrected chi connectivity index (χ1v) is 40.4. The summed E-state index contributed by atoms with van der Waals surface area (Å²) >= 11 is 0. The van der Waals surface area contributed by atoms with Gasteiger partial charge in [0.2, 0.25) is 11.6 Å². The molecule has 0 saturated heterocycles. The third-order valence-electron chi connectivity index (χ3n) is 25.1.